The zero-order valence-corrected chi connectivity index (χ0v) is 10.7. The van der Waals surface area contributed by atoms with E-state index in [1.165, 1.54) is 0 Å². The third kappa shape index (κ3) is 6.93. The normalized spacial score (nSPS) is 12.4. The number of hydrogen-bond acceptors (Lipinski definition) is 4. The van der Waals surface area contributed by atoms with Gasteiger partial charge in [-0.1, -0.05) is 19.8 Å². The number of carbonyl (C=O) groups is 1. The minimum Gasteiger partial charge on any atom is -0.480 e. The fraction of sp³-hybridized carbons (Fsp3) is 0.833. The second kappa shape index (κ2) is 10.1. The van der Waals surface area contributed by atoms with Gasteiger partial charge in [0.1, 0.15) is 6.04 Å². The van der Waals surface area contributed by atoms with Crippen molar-refractivity contribution in [3.05, 3.63) is 0 Å². The summed E-state index contributed by atoms with van der Waals surface area (Å²) in [5.74, 6) is -0.813. The molecule has 0 heterocycles. The van der Waals surface area contributed by atoms with Crippen molar-refractivity contribution in [3.63, 3.8) is 0 Å². The van der Waals surface area contributed by atoms with Crippen LogP contribution in [-0.4, -0.2) is 48.8 Å². The van der Waals surface area contributed by atoms with Gasteiger partial charge in [-0.2, -0.15) is 5.26 Å². The van der Waals surface area contributed by atoms with Crippen molar-refractivity contribution in [2.75, 3.05) is 26.8 Å². The molecule has 98 valence electrons. The van der Waals surface area contributed by atoms with E-state index >= 15 is 0 Å². The monoisotopic (exact) mass is 242 g/mol. The second-order valence-electron chi connectivity index (χ2n) is 3.93. The summed E-state index contributed by atoms with van der Waals surface area (Å²) in [6, 6.07) is 1.55. The number of hydrogen-bond donors (Lipinski definition) is 1. The van der Waals surface area contributed by atoms with Crippen molar-refractivity contribution in [1.82, 2.24) is 4.90 Å². The molecule has 5 heteroatoms. The number of ether oxygens (including phenoxy) is 1. The summed E-state index contributed by atoms with van der Waals surface area (Å²) in [5, 5.41) is 17.8. The van der Waals surface area contributed by atoms with Crippen molar-refractivity contribution in [2.45, 2.75) is 38.6 Å². The van der Waals surface area contributed by atoms with Gasteiger partial charge in [0, 0.05) is 26.6 Å². The van der Waals surface area contributed by atoms with Gasteiger partial charge in [-0.3, -0.25) is 9.69 Å². The third-order valence-corrected chi connectivity index (χ3v) is 2.65. The Balaban J connectivity index is 4.43. The number of carboxylic acids is 1. The maximum absolute atomic E-state index is 11.2. The van der Waals surface area contributed by atoms with Crippen LogP contribution in [0.1, 0.15) is 32.6 Å². The number of rotatable bonds is 10. The van der Waals surface area contributed by atoms with Gasteiger partial charge in [-0.05, 0) is 6.42 Å². The van der Waals surface area contributed by atoms with Gasteiger partial charge >= 0.3 is 5.97 Å². The molecule has 0 aromatic carbocycles. The maximum Gasteiger partial charge on any atom is 0.320 e. The topological polar surface area (TPSA) is 73.6 Å². The van der Waals surface area contributed by atoms with Gasteiger partial charge in [0.05, 0.1) is 12.7 Å². The highest BCUT2D eigenvalue weighted by Gasteiger charge is 2.24. The molecule has 0 amide bonds. The van der Waals surface area contributed by atoms with Crippen LogP contribution in [0.25, 0.3) is 0 Å². The van der Waals surface area contributed by atoms with Gasteiger partial charge in [0.25, 0.3) is 0 Å². The highest BCUT2D eigenvalue weighted by Crippen LogP contribution is 2.10. The molecule has 0 aliphatic rings. The summed E-state index contributed by atoms with van der Waals surface area (Å²) in [7, 11) is 1.59. The van der Waals surface area contributed by atoms with E-state index in [1.54, 1.807) is 7.11 Å². The average molecular weight is 242 g/mol. The first kappa shape index (κ1) is 15.9. The van der Waals surface area contributed by atoms with Gasteiger partial charge in [-0.25, -0.2) is 0 Å². The molecule has 0 spiro atoms. The molecule has 0 saturated carbocycles. The standard InChI is InChI=1S/C12H22N2O3/c1-3-4-6-11(12(15)16)14(8-5-7-13)9-10-17-2/h11H,3-6,8-10H2,1-2H3,(H,15,16). The first-order valence-electron chi connectivity index (χ1n) is 6.00. The Hall–Kier alpha value is -1.12. The molecular weight excluding hydrogens is 220 g/mol. The van der Waals surface area contributed by atoms with Crippen molar-refractivity contribution in [2.24, 2.45) is 0 Å². The van der Waals surface area contributed by atoms with Crippen LogP contribution in [0.2, 0.25) is 0 Å². The zero-order valence-electron chi connectivity index (χ0n) is 10.7. The second-order valence-corrected chi connectivity index (χ2v) is 3.93. The van der Waals surface area contributed by atoms with E-state index in [4.69, 9.17) is 10.00 Å². The fourth-order valence-corrected chi connectivity index (χ4v) is 1.69. The predicted octanol–water partition coefficient (Wildman–Crippen LogP) is 1.49. The predicted molar refractivity (Wildman–Crippen MR) is 64.6 cm³/mol. The van der Waals surface area contributed by atoms with E-state index in [9.17, 15) is 9.90 Å². The van der Waals surface area contributed by atoms with E-state index in [2.05, 4.69) is 0 Å². The summed E-state index contributed by atoms with van der Waals surface area (Å²) in [6.45, 7) is 3.56. The molecule has 17 heavy (non-hydrogen) atoms. The fourth-order valence-electron chi connectivity index (χ4n) is 1.69. The third-order valence-electron chi connectivity index (χ3n) is 2.65. The Morgan fingerprint density at radius 2 is 2.24 bits per heavy atom. The molecule has 0 radical (unpaired) electrons. The Morgan fingerprint density at radius 3 is 2.71 bits per heavy atom. The van der Waals surface area contributed by atoms with Crippen LogP contribution in [0.5, 0.6) is 0 Å². The molecule has 1 N–H and O–H groups in total. The average Bonchev–Trinajstić information content (AvgIpc) is 2.31. The number of nitrogens with zero attached hydrogens (tertiary/aromatic N) is 2. The summed E-state index contributed by atoms with van der Waals surface area (Å²) in [5.41, 5.74) is 0. The SMILES string of the molecule is CCCCC(C(=O)O)N(CCC#N)CCOC. The highest BCUT2D eigenvalue weighted by molar-refractivity contribution is 5.73. The zero-order chi connectivity index (χ0) is 13.1. The first-order chi connectivity index (χ1) is 8.17. The number of unbranched alkanes of at least 4 members (excludes halogenated alkanes) is 1. The van der Waals surface area contributed by atoms with E-state index in [-0.39, 0.29) is 0 Å². The van der Waals surface area contributed by atoms with Crippen molar-refractivity contribution in [3.8, 4) is 6.07 Å². The molecular formula is C12H22N2O3. The van der Waals surface area contributed by atoms with E-state index < -0.39 is 12.0 Å². The summed E-state index contributed by atoms with van der Waals surface area (Å²) in [4.78, 5) is 13.0. The lowest BCUT2D eigenvalue weighted by molar-refractivity contribution is -0.143. The van der Waals surface area contributed by atoms with Gasteiger partial charge in [-0.15, -0.1) is 0 Å². The van der Waals surface area contributed by atoms with Crippen molar-refractivity contribution < 1.29 is 14.6 Å². The van der Waals surface area contributed by atoms with Crippen LogP contribution in [-0.2, 0) is 9.53 Å². The largest absolute Gasteiger partial charge is 0.480 e. The molecule has 0 rings (SSSR count). The molecule has 0 bridgehead atoms. The van der Waals surface area contributed by atoms with Crippen LogP contribution < -0.4 is 0 Å². The highest BCUT2D eigenvalue weighted by atomic mass is 16.5. The van der Waals surface area contributed by atoms with E-state index in [1.807, 2.05) is 17.9 Å². The molecule has 0 aromatic rings. The van der Waals surface area contributed by atoms with E-state index in [0.29, 0.717) is 32.5 Å². The number of methoxy groups -OCH3 is 1. The number of aliphatic carboxylic acids is 1. The van der Waals surface area contributed by atoms with Crippen LogP contribution in [0.3, 0.4) is 0 Å². The Kier molecular flexibility index (Phi) is 9.40. The van der Waals surface area contributed by atoms with E-state index in [0.717, 1.165) is 12.8 Å². The molecule has 0 aromatic heterocycles. The lowest BCUT2D eigenvalue weighted by Gasteiger charge is -2.27. The lowest BCUT2D eigenvalue weighted by Crippen LogP contribution is -2.43. The van der Waals surface area contributed by atoms with Crippen LogP contribution >= 0.6 is 0 Å². The number of carboxylic acid groups (broad SMARTS) is 1. The Bertz CT molecular complexity index is 251. The summed E-state index contributed by atoms with van der Waals surface area (Å²) in [6.07, 6.45) is 2.83. The van der Waals surface area contributed by atoms with Crippen molar-refractivity contribution >= 4 is 5.97 Å². The smallest absolute Gasteiger partial charge is 0.320 e. The molecule has 0 saturated heterocycles. The maximum atomic E-state index is 11.2. The molecule has 1 unspecified atom stereocenters. The Morgan fingerprint density at radius 1 is 1.53 bits per heavy atom. The quantitative estimate of drug-likeness (QED) is 0.628. The minimum atomic E-state index is -0.813. The molecule has 1 atom stereocenters. The van der Waals surface area contributed by atoms with Crippen molar-refractivity contribution in [1.29, 1.82) is 5.26 Å². The van der Waals surface area contributed by atoms with Gasteiger partial charge in [0.2, 0.25) is 0 Å². The molecule has 0 aliphatic carbocycles. The molecule has 5 nitrogen and oxygen atoms in total. The van der Waals surface area contributed by atoms with Gasteiger partial charge < -0.3 is 9.84 Å². The van der Waals surface area contributed by atoms with Gasteiger partial charge in [0.15, 0.2) is 0 Å². The summed E-state index contributed by atoms with van der Waals surface area (Å²) >= 11 is 0. The van der Waals surface area contributed by atoms with Crippen LogP contribution in [0, 0.1) is 11.3 Å². The van der Waals surface area contributed by atoms with Crippen LogP contribution in [0.4, 0.5) is 0 Å². The summed E-state index contributed by atoms with van der Waals surface area (Å²) < 4.78 is 4.97. The minimum absolute atomic E-state index is 0.347. The lowest BCUT2D eigenvalue weighted by atomic mass is 10.1. The number of nitriles is 1. The molecule has 0 aliphatic heterocycles. The Labute approximate surface area is 103 Å². The van der Waals surface area contributed by atoms with Crippen LogP contribution in [0.15, 0.2) is 0 Å². The first-order valence-corrected chi connectivity index (χ1v) is 6.00. The molecule has 0 fully saturated rings.